The molecule has 0 bridgehead atoms. The van der Waals surface area contributed by atoms with E-state index >= 15 is 0 Å². The first kappa shape index (κ1) is 19.0. The molecule has 0 saturated carbocycles. The van der Waals surface area contributed by atoms with E-state index in [0.29, 0.717) is 5.92 Å². The molecule has 1 rings (SSSR count). The Kier molecular flexibility index (Phi) is 16.2. The van der Waals surface area contributed by atoms with Gasteiger partial charge in [-0.3, -0.25) is 0 Å². The molecule has 0 spiro atoms. The first-order valence-corrected chi connectivity index (χ1v) is 10.2. The standard InChI is InChI=1S/C8H11N.C4H10.2BrH.Ni/c1-6-4-3-5-7(2)8(6)9;1-3-4-2;;;/h3-6,9H,1-2H3;3-4H2,1-2H3;2*1H;/q;;;;+2/p-2. The zero-order valence-corrected chi connectivity index (χ0v) is 14.5. The number of unbranched alkanes of at least 4 members (excludes halogenated alkanes) is 1. The summed E-state index contributed by atoms with van der Waals surface area (Å²) in [7, 11) is 1.25. The average Bonchev–Trinajstić information content (AvgIpc) is 2.27. The number of hydrogen-bond acceptors (Lipinski definition) is 1. The van der Waals surface area contributed by atoms with Gasteiger partial charge in [0.15, 0.2) is 0 Å². The van der Waals surface area contributed by atoms with E-state index in [1.807, 2.05) is 32.1 Å². The fraction of sp³-hybridized carbons (Fsp3) is 0.583. The summed E-state index contributed by atoms with van der Waals surface area (Å²) in [4.78, 5) is 0. The molecule has 0 aromatic heterocycles. The summed E-state index contributed by atoms with van der Waals surface area (Å²) in [6.45, 7) is 8.37. The Balaban J connectivity index is 0. The van der Waals surface area contributed by atoms with Crippen molar-refractivity contribution in [1.29, 1.82) is 5.41 Å². The van der Waals surface area contributed by atoms with E-state index in [4.69, 9.17) is 5.41 Å². The van der Waals surface area contributed by atoms with Crippen LogP contribution < -0.4 is 0 Å². The number of allylic oxidation sites excluding steroid dienone is 4. The molecule has 1 aliphatic rings. The number of hydrogen-bond donors (Lipinski definition) is 1. The van der Waals surface area contributed by atoms with E-state index in [2.05, 4.69) is 42.3 Å². The summed E-state index contributed by atoms with van der Waals surface area (Å²) in [5.41, 5.74) is 1.84. The number of nitrogens with one attached hydrogen (secondary N) is 1. The zero-order valence-electron chi connectivity index (χ0n) is 10.3. The van der Waals surface area contributed by atoms with Gasteiger partial charge in [-0.2, -0.15) is 0 Å². The molecule has 0 heterocycles. The maximum atomic E-state index is 7.48. The second-order valence-electron chi connectivity index (χ2n) is 3.48. The van der Waals surface area contributed by atoms with Crippen LogP contribution in [0.25, 0.3) is 0 Å². The normalized spacial score (nSPS) is 18.0. The molecule has 0 aromatic rings. The molecule has 16 heavy (non-hydrogen) atoms. The van der Waals surface area contributed by atoms with Crippen LogP contribution in [0.1, 0.15) is 40.5 Å². The molecule has 0 saturated heterocycles. The predicted molar refractivity (Wildman–Crippen MR) is 78.2 cm³/mol. The summed E-state index contributed by atoms with van der Waals surface area (Å²) in [5.74, 6) is 0.315. The molecule has 1 N–H and O–H groups in total. The molecular formula is C12H21Br2NNi. The van der Waals surface area contributed by atoms with Crippen molar-refractivity contribution < 1.29 is 10.9 Å². The molecule has 0 amide bonds. The minimum atomic E-state index is 0.315. The van der Waals surface area contributed by atoms with Crippen LogP contribution in [-0.4, -0.2) is 5.71 Å². The molecule has 4 heteroatoms. The van der Waals surface area contributed by atoms with Crippen molar-refractivity contribution in [2.45, 2.75) is 40.5 Å². The molecule has 0 aromatic carbocycles. The van der Waals surface area contributed by atoms with Crippen LogP contribution in [0.4, 0.5) is 0 Å². The topological polar surface area (TPSA) is 23.9 Å². The summed E-state index contributed by atoms with van der Waals surface area (Å²) < 4.78 is 0. The van der Waals surface area contributed by atoms with Crippen molar-refractivity contribution in [1.82, 2.24) is 0 Å². The molecular weight excluding hydrogens is 377 g/mol. The van der Waals surface area contributed by atoms with Crippen molar-refractivity contribution in [3.8, 4) is 0 Å². The molecule has 1 atom stereocenters. The van der Waals surface area contributed by atoms with Gasteiger partial charge in [-0.1, -0.05) is 51.8 Å². The van der Waals surface area contributed by atoms with E-state index in [0.717, 1.165) is 11.3 Å². The van der Waals surface area contributed by atoms with Crippen molar-refractivity contribution in [3.63, 3.8) is 0 Å². The Morgan fingerprint density at radius 1 is 1.31 bits per heavy atom. The van der Waals surface area contributed by atoms with E-state index in [1.54, 1.807) is 0 Å². The third kappa shape index (κ3) is 11.1. The predicted octanol–water partition coefficient (Wildman–Crippen LogP) is 5.65. The van der Waals surface area contributed by atoms with Gasteiger partial charge >= 0.3 is 39.3 Å². The van der Waals surface area contributed by atoms with Gasteiger partial charge in [-0.05, 0) is 12.5 Å². The molecule has 0 aliphatic heterocycles. The monoisotopic (exact) mass is 395 g/mol. The van der Waals surface area contributed by atoms with Gasteiger partial charge in [-0.15, -0.1) is 0 Å². The molecule has 1 aliphatic carbocycles. The van der Waals surface area contributed by atoms with E-state index < -0.39 is 0 Å². The van der Waals surface area contributed by atoms with Crippen LogP contribution in [-0.2, 0) is 10.9 Å². The minimum absolute atomic E-state index is 0.315. The zero-order chi connectivity index (χ0) is 13.0. The van der Waals surface area contributed by atoms with Crippen LogP contribution in [0.15, 0.2) is 23.8 Å². The first-order valence-electron chi connectivity index (χ1n) is 5.31. The van der Waals surface area contributed by atoms with Crippen molar-refractivity contribution in [2.75, 3.05) is 0 Å². The molecule has 1 unspecified atom stereocenters. The summed E-state index contributed by atoms with van der Waals surface area (Å²) in [6, 6.07) is 0. The van der Waals surface area contributed by atoms with Gasteiger partial charge in [0.2, 0.25) is 0 Å². The van der Waals surface area contributed by atoms with Gasteiger partial charge in [0.25, 0.3) is 0 Å². The van der Waals surface area contributed by atoms with Crippen LogP contribution in [0.5, 0.6) is 0 Å². The summed E-state index contributed by atoms with van der Waals surface area (Å²) in [5, 5.41) is 7.48. The Morgan fingerprint density at radius 3 is 2.00 bits per heavy atom. The second kappa shape index (κ2) is 13.7. The average molecular weight is 398 g/mol. The molecule has 0 radical (unpaired) electrons. The van der Waals surface area contributed by atoms with E-state index in [1.165, 1.54) is 23.7 Å². The van der Waals surface area contributed by atoms with Crippen molar-refractivity contribution in [2.24, 2.45) is 5.92 Å². The van der Waals surface area contributed by atoms with Gasteiger partial charge in [0, 0.05) is 11.6 Å². The van der Waals surface area contributed by atoms with Crippen molar-refractivity contribution >= 4 is 34.2 Å². The summed E-state index contributed by atoms with van der Waals surface area (Å²) >= 11 is 6.00. The third-order valence-electron chi connectivity index (χ3n) is 2.13. The Hall–Kier alpha value is 0.604. The van der Waals surface area contributed by atoms with Gasteiger partial charge in [-0.25, -0.2) is 0 Å². The fourth-order valence-electron chi connectivity index (χ4n) is 0.912. The van der Waals surface area contributed by atoms with Crippen LogP contribution in [0.2, 0.25) is 0 Å². The van der Waals surface area contributed by atoms with Crippen LogP contribution >= 0.6 is 28.5 Å². The first-order chi connectivity index (χ1) is 7.54. The maximum absolute atomic E-state index is 7.48. The fourth-order valence-corrected chi connectivity index (χ4v) is 0.912. The molecule has 0 fully saturated rings. The Bertz CT molecular complexity index is 235. The second-order valence-corrected chi connectivity index (χ2v) is 8.47. The Morgan fingerprint density at radius 2 is 1.75 bits per heavy atom. The SMILES string of the molecule is CC1=CC=CC(C)C1=N.CCCC.[Br][Ni][Br]. The number of halogens is 2. The van der Waals surface area contributed by atoms with Gasteiger partial charge in [0.1, 0.15) is 0 Å². The molecule has 1 nitrogen and oxygen atoms in total. The Labute approximate surface area is 120 Å². The van der Waals surface area contributed by atoms with E-state index in [9.17, 15) is 0 Å². The van der Waals surface area contributed by atoms with Gasteiger partial charge in [0.05, 0.1) is 0 Å². The van der Waals surface area contributed by atoms with Gasteiger partial charge < -0.3 is 5.41 Å². The van der Waals surface area contributed by atoms with E-state index in [-0.39, 0.29) is 0 Å². The van der Waals surface area contributed by atoms with Crippen LogP contribution in [0.3, 0.4) is 0 Å². The number of rotatable bonds is 1. The summed E-state index contributed by atoms with van der Waals surface area (Å²) in [6.07, 6.45) is 8.66. The molecule has 98 valence electrons. The van der Waals surface area contributed by atoms with Crippen molar-refractivity contribution in [3.05, 3.63) is 23.8 Å². The van der Waals surface area contributed by atoms with Crippen LogP contribution in [0, 0.1) is 11.3 Å². The third-order valence-corrected chi connectivity index (χ3v) is 2.13. The quantitative estimate of drug-likeness (QED) is 0.552.